The molecule has 1 spiro atoms. The molecule has 3 aliphatic heterocycles. The van der Waals surface area contributed by atoms with Gasteiger partial charge < -0.3 is 24.5 Å². The maximum Gasteiger partial charge on any atom is 0.248 e. The van der Waals surface area contributed by atoms with E-state index in [0.29, 0.717) is 32.4 Å². The minimum Gasteiger partial charge on any atom is -0.396 e. The van der Waals surface area contributed by atoms with Crippen LogP contribution in [0.15, 0.2) is 55.6 Å². The van der Waals surface area contributed by atoms with E-state index in [1.807, 2.05) is 44.2 Å². The third kappa shape index (κ3) is 4.82. The molecule has 0 radical (unpaired) electrons. The molecule has 0 aromatic heterocycles. The molecular formula is C31H43N3O5. The summed E-state index contributed by atoms with van der Waals surface area (Å²) in [5.41, 5.74) is -1.24. The highest BCUT2D eigenvalue weighted by Gasteiger charge is 2.78. The molecule has 1 N–H and O–H groups in total. The number of para-hydroxylation sites is 1. The van der Waals surface area contributed by atoms with Crippen molar-refractivity contribution < 1.29 is 24.2 Å². The molecule has 3 amide bonds. The first-order valence-corrected chi connectivity index (χ1v) is 14.2. The zero-order chi connectivity index (χ0) is 28.4. The molecule has 6 atom stereocenters. The number of fused-ring (bicyclic) bond motifs is 1. The second kappa shape index (κ2) is 11.6. The maximum atomic E-state index is 14.4. The number of carbonyl (C=O) groups excluding carboxylic acids is 3. The van der Waals surface area contributed by atoms with Crippen LogP contribution in [0.2, 0.25) is 0 Å². The molecule has 212 valence electrons. The van der Waals surface area contributed by atoms with Gasteiger partial charge in [-0.05, 0) is 51.7 Å². The van der Waals surface area contributed by atoms with Gasteiger partial charge in [0, 0.05) is 38.0 Å². The standard InChI is InChI=1S/C31H43N3O5/c1-6-13-22(4)32(18-7-2)29(38)26-31-17-16-30(5,39-31)24(25(31)28(37)34(26)20-12-21-35)27(36)33(19-8-3)23-14-10-9-11-15-23/h7-11,14-15,22,24-26,35H,2-3,6,12-13,16-21H2,1,4-5H3/t22?,24-,25+,26?,30+,31?/m1/s1. The number of rotatable bonds is 13. The van der Waals surface area contributed by atoms with Gasteiger partial charge in [-0.1, -0.05) is 43.7 Å². The van der Waals surface area contributed by atoms with E-state index in [1.54, 1.807) is 26.9 Å². The van der Waals surface area contributed by atoms with E-state index < -0.39 is 29.1 Å². The second-order valence-electron chi connectivity index (χ2n) is 11.3. The Bertz CT molecular complexity index is 1090. The summed E-state index contributed by atoms with van der Waals surface area (Å²) in [6.45, 7) is 14.5. The second-order valence-corrected chi connectivity index (χ2v) is 11.3. The number of ether oxygens (including phenoxy) is 1. The predicted octanol–water partition coefficient (Wildman–Crippen LogP) is 3.56. The highest BCUT2D eigenvalue weighted by Crippen LogP contribution is 2.63. The molecule has 3 heterocycles. The lowest BCUT2D eigenvalue weighted by atomic mass is 9.66. The van der Waals surface area contributed by atoms with Gasteiger partial charge in [0.05, 0.1) is 17.4 Å². The summed E-state index contributed by atoms with van der Waals surface area (Å²) in [5.74, 6) is -2.13. The summed E-state index contributed by atoms with van der Waals surface area (Å²) < 4.78 is 6.78. The van der Waals surface area contributed by atoms with Crippen LogP contribution in [0.25, 0.3) is 0 Å². The number of benzene rings is 1. The molecule has 0 saturated carbocycles. The molecule has 1 aromatic rings. The van der Waals surface area contributed by atoms with Crippen molar-refractivity contribution in [2.75, 3.05) is 31.1 Å². The summed E-state index contributed by atoms with van der Waals surface area (Å²) in [6.07, 6.45) is 6.56. The summed E-state index contributed by atoms with van der Waals surface area (Å²) in [6, 6.07) is 8.47. The Morgan fingerprint density at radius 2 is 1.87 bits per heavy atom. The van der Waals surface area contributed by atoms with Gasteiger partial charge in [-0.2, -0.15) is 0 Å². The summed E-state index contributed by atoms with van der Waals surface area (Å²) in [7, 11) is 0. The van der Waals surface area contributed by atoms with Crippen LogP contribution in [-0.4, -0.2) is 82.2 Å². The van der Waals surface area contributed by atoms with E-state index in [0.717, 1.165) is 18.5 Å². The van der Waals surface area contributed by atoms with Crippen LogP contribution in [0.1, 0.15) is 52.9 Å². The number of likely N-dealkylation sites (tertiary alicyclic amines) is 1. The number of hydrogen-bond acceptors (Lipinski definition) is 5. The highest BCUT2D eigenvalue weighted by molar-refractivity contribution is 6.03. The highest BCUT2D eigenvalue weighted by atomic mass is 16.5. The first-order chi connectivity index (χ1) is 18.7. The predicted molar refractivity (Wildman–Crippen MR) is 151 cm³/mol. The Labute approximate surface area is 232 Å². The van der Waals surface area contributed by atoms with Gasteiger partial charge in [-0.25, -0.2) is 0 Å². The van der Waals surface area contributed by atoms with Gasteiger partial charge in [-0.15, -0.1) is 13.2 Å². The summed E-state index contributed by atoms with van der Waals surface area (Å²) in [4.78, 5) is 48.0. The molecule has 8 heteroatoms. The minimum absolute atomic E-state index is 0.0430. The third-order valence-electron chi connectivity index (χ3n) is 8.83. The number of anilines is 1. The van der Waals surface area contributed by atoms with Gasteiger partial charge in [0.15, 0.2) is 0 Å². The molecule has 3 unspecified atom stereocenters. The normalized spacial score (nSPS) is 29.7. The largest absolute Gasteiger partial charge is 0.396 e. The first-order valence-electron chi connectivity index (χ1n) is 14.2. The van der Waals surface area contributed by atoms with Gasteiger partial charge in [0.25, 0.3) is 0 Å². The van der Waals surface area contributed by atoms with Crippen LogP contribution in [0.4, 0.5) is 5.69 Å². The lowest BCUT2D eigenvalue weighted by molar-refractivity contribution is -0.152. The number of aliphatic hydroxyl groups is 1. The molecule has 39 heavy (non-hydrogen) atoms. The molecule has 4 rings (SSSR count). The smallest absolute Gasteiger partial charge is 0.248 e. The zero-order valence-corrected chi connectivity index (χ0v) is 23.6. The quantitative estimate of drug-likeness (QED) is 0.389. The Hall–Kier alpha value is -2.97. The van der Waals surface area contributed by atoms with Gasteiger partial charge in [0.2, 0.25) is 17.7 Å². The molecule has 0 aliphatic carbocycles. The Morgan fingerprint density at radius 1 is 1.18 bits per heavy atom. The molecule has 3 fully saturated rings. The van der Waals surface area contributed by atoms with Crippen molar-refractivity contribution in [3.8, 4) is 0 Å². The molecule has 8 nitrogen and oxygen atoms in total. The minimum atomic E-state index is -1.10. The fourth-order valence-corrected chi connectivity index (χ4v) is 7.15. The number of amides is 3. The Balaban J connectivity index is 1.78. The molecule has 3 aliphatic rings. The average molecular weight is 538 g/mol. The topological polar surface area (TPSA) is 90.4 Å². The Morgan fingerprint density at radius 3 is 2.49 bits per heavy atom. The lowest BCUT2D eigenvalue weighted by Crippen LogP contribution is -2.58. The van der Waals surface area contributed by atoms with Gasteiger partial charge in [0.1, 0.15) is 11.6 Å². The molecule has 2 bridgehead atoms. The monoisotopic (exact) mass is 537 g/mol. The van der Waals surface area contributed by atoms with E-state index in [2.05, 4.69) is 20.1 Å². The maximum absolute atomic E-state index is 14.4. The van der Waals surface area contributed by atoms with E-state index in [-0.39, 0.29) is 36.9 Å². The number of aliphatic hydroxyl groups excluding tert-OH is 1. The van der Waals surface area contributed by atoms with Crippen LogP contribution in [0.3, 0.4) is 0 Å². The fraction of sp³-hybridized carbons (Fsp3) is 0.581. The van der Waals surface area contributed by atoms with Crippen molar-refractivity contribution in [2.24, 2.45) is 11.8 Å². The van der Waals surface area contributed by atoms with Crippen molar-refractivity contribution in [3.63, 3.8) is 0 Å². The van der Waals surface area contributed by atoms with Crippen LogP contribution < -0.4 is 4.90 Å². The molecule has 3 saturated heterocycles. The zero-order valence-electron chi connectivity index (χ0n) is 23.6. The van der Waals surface area contributed by atoms with Crippen molar-refractivity contribution in [1.29, 1.82) is 0 Å². The van der Waals surface area contributed by atoms with Crippen molar-refractivity contribution in [1.82, 2.24) is 9.80 Å². The van der Waals surface area contributed by atoms with Crippen molar-refractivity contribution in [3.05, 3.63) is 55.6 Å². The SMILES string of the molecule is C=CCN(C(=O)[C@H]1[C@H]2C(=O)N(CCCO)C(C(=O)N(CC=C)C(C)CCC)C23CC[C@]1(C)O3)c1ccccc1. The van der Waals surface area contributed by atoms with Crippen LogP contribution in [0.5, 0.6) is 0 Å². The lowest BCUT2D eigenvalue weighted by Gasteiger charge is -2.39. The summed E-state index contributed by atoms with van der Waals surface area (Å²) in [5, 5.41) is 9.61. The number of nitrogens with zero attached hydrogens (tertiary/aromatic N) is 3. The van der Waals surface area contributed by atoms with E-state index in [9.17, 15) is 19.5 Å². The van der Waals surface area contributed by atoms with Crippen molar-refractivity contribution >= 4 is 23.4 Å². The van der Waals surface area contributed by atoms with Gasteiger partial charge in [-0.3, -0.25) is 14.4 Å². The first kappa shape index (κ1) is 29.0. The number of hydrogen-bond donors (Lipinski definition) is 1. The fourth-order valence-electron chi connectivity index (χ4n) is 7.15. The van der Waals surface area contributed by atoms with E-state index in [1.165, 1.54) is 0 Å². The van der Waals surface area contributed by atoms with Crippen LogP contribution in [0, 0.1) is 11.8 Å². The van der Waals surface area contributed by atoms with E-state index >= 15 is 0 Å². The third-order valence-corrected chi connectivity index (χ3v) is 8.83. The average Bonchev–Trinajstić information content (AvgIpc) is 3.49. The van der Waals surface area contributed by atoms with Crippen molar-refractivity contribution in [2.45, 2.75) is 76.2 Å². The molecule has 1 aromatic carbocycles. The van der Waals surface area contributed by atoms with Crippen LogP contribution in [-0.2, 0) is 19.1 Å². The van der Waals surface area contributed by atoms with Gasteiger partial charge >= 0.3 is 0 Å². The van der Waals surface area contributed by atoms with Crippen LogP contribution >= 0.6 is 0 Å². The Kier molecular flexibility index (Phi) is 8.66. The summed E-state index contributed by atoms with van der Waals surface area (Å²) >= 11 is 0. The van der Waals surface area contributed by atoms with E-state index in [4.69, 9.17) is 4.74 Å². The number of carbonyl (C=O) groups is 3. The molecular weight excluding hydrogens is 494 g/mol.